The maximum atomic E-state index is 11.9. The topological polar surface area (TPSA) is 58.6 Å². The summed E-state index contributed by atoms with van der Waals surface area (Å²) in [6, 6.07) is 7.03. The van der Waals surface area contributed by atoms with E-state index in [2.05, 4.69) is 17.2 Å². The molecule has 1 unspecified atom stereocenters. The van der Waals surface area contributed by atoms with Crippen molar-refractivity contribution in [3.05, 3.63) is 35.4 Å². The largest absolute Gasteiger partial charge is 0.384 e. The number of ether oxygens (including phenoxy) is 1. The van der Waals surface area contributed by atoms with Gasteiger partial charge < -0.3 is 15.2 Å². The molecular weight excluding hydrogens is 254 g/mol. The summed E-state index contributed by atoms with van der Waals surface area (Å²) in [5.41, 5.74) is 1.40. The van der Waals surface area contributed by atoms with Crippen molar-refractivity contribution in [2.24, 2.45) is 0 Å². The third kappa shape index (κ3) is 4.37. The molecule has 4 heteroatoms. The molecular formula is C16H19NO3. The summed E-state index contributed by atoms with van der Waals surface area (Å²) in [5.74, 6) is 5.28. The Morgan fingerprint density at radius 3 is 2.85 bits per heavy atom. The quantitative estimate of drug-likeness (QED) is 0.814. The van der Waals surface area contributed by atoms with E-state index in [1.165, 1.54) is 0 Å². The maximum Gasteiger partial charge on any atom is 0.251 e. The molecule has 1 atom stereocenters. The zero-order chi connectivity index (χ0) is 14.2. The Morgan fingerprint density at radius 1 is 1.40 bits per heavy atom. The summed E-state index contributed by atoms with van der Waals surface area (Å²) in [6.45, 7) is 1.32. The SMILES string of the molecule is O=C(NCCC1CCCO1)c1ccc(C#CCO)cc1. The molecule has 0 bridgehead atoms. The number of benzene rings is 1. The number of nitrogens with one attached hydrogen (secondary N) is 1. The number of aliphatic hydroxyl groups excluding tert-OH is 1. The van der Waals surface area contributed by atoms with E-state index in [0.29, 0.717) is 18.2 Å². The fourth-order valence-electron chi connectivity index (χ4n) is 2.17. The molecule has 0 aliphatic carbocycles. The van der Waals surface area contributed by atoms with Gasteiger partial charge in [0.05, 0.1) is 6.10 Å². The normalized spacial score (nSPS) is 17.4. The van der Waals surface area contributed by atoms with Crippen LogP contribution in [-0.4, -0.2) is 36.9 Å². The van der Waals surface area contributed by atoms with Crippen LogP contribution >= 0.6 is 0 Å². The fourth-order valence-corrected chi connectivity index (χ4v) is 2.17. The van der Waals surface area contributed by atoms with Crippen LogP contribution in [0.25, 0.3) is 0 Å². The standard InChI is InChI=1S/C16H19NO3/c18-11-1-3-13-5-7-14(8-6-13)16(19)17-10-9-15-4-2-12-20-15/h5-8,15,18H,2,4,9-12H2,(H,17,19). The second-order valence-corrected chi connectivity index (χ2v) is 4.72. The third-order valence-corrected chi connectivity index (χ3v) is 3.23. The Morgan fingerprint density at radius 2 is 2.20 bits per heavy atom. The number of amides is 1. The molecule has 1 heterocycles. The molecule has 0 spiro atoms. The summed E-state index contributed by atoms with van der Waals surface area (Å²) >= 11 is 0. The highest BCUT2D eigenvalue weighted by Gasteiger charge is 2.15. The first-order valence-corrected chi connectivity index (χ1v) is 6.89. The Balaban J connectivity index is 1.79. The number of rotatable bonds is 4. The minimum absolute atomic E-state index is 0.0790. The minimum atomic E-state index is -0.161. The molecule has 0 saturated carbocycles. The predicted octanol–water partition coefficient (Wildman–Crippen LogP) is 1.33. The number of aliphatic hydroxyl groups is 1. The molecule has 1 aliphatic heterocycles. The van der Waals surface area contributed by atoms with Crippen molar-refractivity contribution in [2.75, 3.05) is 19.8 Å². The first-order valence-electron chi connectivity index (χ1n) is 6.89. The molecule has 106 valence electrons. The van der Waals surface area contributed by atoms with Crippen molar-refractivity contribution in [3.8, 4) is 11.8 Å². The lowest BCUT2D eigenvalue weighted by Gasteiger charge is -2.10. The summed E-state index contributed by atoms with van der Waals surface area (Å²) < 4.78 is 5.51. The van der Waals surface area contributed by atoms with Gasteiger partial charge in [-0.05, 0) is 43.5 Å². The lowest BCUT2D eigenvalue weighted by molar-refractivity contribution is 0.0907. The molecule has 1 saturated heterocycles. The Hall–Kier alpha value is -1.83. The molecule has 20 heavy (non-hydrogen) atoms. The molecule has 1 aromatic carbocycles. The summed E-state index contributed by atoms with van der Waals surface area (Å²) in [4.78, 5) is 11.9. The highest BCUT2D eigenvalue weighted by atomic mass is 16.5. The van der Waals surface area contributed by atoms with Crippen LogP contribution in [0.5, 0.6) is 0 Å². The van der Waals surface area contributed by atoms with Gasteiger partial charge in [-0.15, -0.1) is 0 Å². The van der Waals surface area contributed by atoms with Crippen LogP contribution in [0.1, 0.15) is 35.2 Å². The maximum absolute atomic E-state index is 11.9. The van der Waals surface area contributed by atoms with Crippen LogP contribution in [0.15, 0.2) is 24.3 Å². The number of carbonyl (C=O) groups excluding carboxylic acids is 1. The molecule has 2 N–H and O–H groups in total. The van der Waals surface area contributed by atoms with Crippen LogP contribution < -0.4 is 5.32 Å². The molecule has 0 radical (unpaired) electrons. The van der Waals surface area contributed by atoms with Crippen LogP contribution in [0.4, 0.5) is 0 Å². The van der Waals surface area contributed by atoms with E-state index in [1.54, 1.807) is 24.3 Å². The third-order valence-electron chi connectivity index (χ3n) is 3.23. The smallest absolute Gasteiger partial charge is 0.251 e. The van der Waals surface area contributed by atoms with Gasteiger partial charge in [-0.1, -0.05) is 11.8 Å². The highest BCUT2D eigenvalue weighted by Crippen LogP contribution is 2.14. The van der Waals surface area contributed by atoms with E-state index in [4.69, 9.17) is 9.84 Å². The van der Waals surface area contributed by atoms with Crippen LogP contribution in [0, 0.1) is 11.8 Å². The summed E-state index contributed by atoms with van der Waals surface area (Å²) in [6.07, 6.45) is 3.38. The van der Waals surface area contributed by atoms with Gasteiger partial charge in [-0.2, -0.15) is 0 Å². The van der Waals surface area contributed by atoms with E-state index in [-0.39, 0.29) is 12.5 Å². The van der Waals surface area contributed by atoms with Crippen molar-refractivity contribution < 1.29 is 14.6 Å². The molecule has 1 aromatic rings. The van der Waals surface area contributed by atoms with Gasteiger partial charge in [0.1, 0.15) is 6.61 Å². The number of hydrogen-bond acceptors (Lipinski definition) is 3. The van der Waals surface area contributed by atoms with Gasteiger partial charge in [-0.3, -0.25) is 4.79 Å². The van der Waals surface area contributed by atoms with Gasteiger partial charge in [0.15, 0.2) is 0 Å². The van der Waals surface area contributed by atoms with Gasteiger partial charge >= 0.3 is 0 Å². The average Bonchev–Trinajstić information content (AvgIpc) is 2.99. The molecule has 4 nitrogen and oxygen atoms in total. The molecule has 0 aromatic heterocycles. The molecule has 2 rings (SSSR count). The molecule has 1 amide bonds. The Kier molecular flexibility index (Phi) is 5.60. The minimum Gasteiger partial charge on any atom is -0.384 e. The lowest BCUT2D eigenvalue weighted by Crippen LogP contribution is -2.26. The van der Waals surface area contributed by atoms with Gasteiger partial charge in [0.25, 0.3) is 5.91 Å². The van der Waals surface area contributed by atoms with Crippen molar-refractivity contribution in [1.29, 1.82) is 0 Å². The van der Waals surface area contributed by atoms with E-state index in [9.17, 15) is 4.79 Å². The average molecular weight is 273 g/mol. The Bertz CT molecular complexity index is 493. The highest BCUT2D eigenvalue weighted by molar-refractivity contribution is 5.94. The summed E-state index contributed by atoms with van der Waals surface area (Å²) in [5, 5.41) is 11.5. The first-order chi connectivity index (χ1) is 9.79. The zero-order valence-electron chi connectivity index (χ0n) is 11.4. The Labute approximate surface area is 119 Å². The molecule has 1 fully saturated rings. The van der Waals surface area contributed by atoms with Crippen LogP contribution in [-0.2, 0) is 4.74 Å². The van der Waals surface area contributed by atoms with Gasteiger partial charge in [0.2, 0.25) is 0 Å². The number of hydrogen-bond donors (Lipinski definition) is 2. The first kappa shape index (κ1) is 14.6. The molecule has 1 aliphatic rings. The zero-order valence-corrected chi connectivity index (χ0v) is 11.4. The fraction of sp³-hybridized carbons (Fsp3) is 0.438. The van der Waals surface area contributed by atoms with Crippen molar-refractivity contribution in [2.45, 2.75) is 25.4 Å². The second-order valence-electron chi connectivity index (χ2n) is 4.72. The van der Waals surface area contributed by atoms with Crippen molar-refractivity contribution in [3.63, 3.8) is 0 Å². The van der Waals surface area contributed by atoms with Gasteiger partial charge in [-0.25, -0.2) is 0 Å². The van der Waals surface area contributed by atoms with Crippen LogP contribution in [0.2, 0.25) is 0 Å². The monoisotopic (exact) mass is 273 g/mol. The van der Waals surface area contributed by atoms with E-state index in [1.807, 2.05) is 0 Å². The van der Waals surface area contributed by atoms with Crippen molar-refractivity contribution >= 4 is 5.91 Å². The number of carbonyl (C=O) groups is 1. The second kappa shape index (κ2) is 7.68. The van der Waals surface area contributed by atoms with E-state index >= 15 is 0 Å². The van der Waals surface area contributed by atoms with Crippen LogP contribution in [0.3, 0.4) is 0 Å². The van der Waals surface area contributed by atoms with Crippen molar-refractivity contribution in [1.82, 2.24) is 5.32 Å². The predicted molar refractivity (Wildman–Crippen MR) is 76.3 cm³/mol. The van der Waals surface area contributed by atoms with E-state index in [0.717, 1.165) is 31.4 Å². The lowest BCUT2D eigenvalue weighted by atomic mass is 10.1. The van der Waals surface area contributed by atoms with E-state index < -0.39 is 0 Å². The summed E-state index contributed by atoms with van der Waals surface area (Å²) in [7, 11) is 0. The van der Waals surface area contributed by atoms with Gasteiger partial charge in [0, 0.05) is 24.3 Å².